The van der Waals surface area contributed by atoms with Gasteiger partial charge in [-0.05, 0) is 6.92 Å². The highest BCUT2D eigenvalue weighted by molar-refractivity contribution is 7.90. The molecular formula is C6H10O4S. The van der Waals surface area contributed by atoms with Crippen molar-refractivity contribution >= 4 is 15.8 Å². The van der Waals surface area contributed by atoms with Crippen LogP contribution in [0, 0.1) is 0 Å². The van der Waals surface area contributed by atoms with Gasteiger partial charge < -0.3 is 5.11 Å². The molecule has 0 unspecified atom stereocenters. The molecular weight excluding hydrogens is 168 g/mol. The molecule has 11 heavy (non-hydrogen) atoms. The lowest BCUT2D eigenvalue weighted by atomic mass is 10.3. The number of carboxylic acid groups (broad SMARTS) is 1. The molecule has 64 valence electrons. The van der Waals surface area contributed by atoms with E-state index in [4.69, 9.17) is 5.11 Å². The lowest BCUT2D eigenvalue weighted by molar-refractivity contribution is -0.132. The number of carbonyl (C=O) groups is 1. The van der Waals surface area contributed by atoms with Crippen molar-refractivity contribution in [3.8, 4) is 0 Å². The van der Waals surface area contributed by atoms with Crippen LogP contribution in [0.15, 0.2) is 11.6 Å². The standard InChI is InChI=1S/C6H10O4S/c1-5(6(7)8)3-4-11(2,9)10/h3H,4H2,1-2H3,(H,7,8). The Labute approximate surface area is 65.5 Å². The number of carboxylic acids is 1. The molecule has 0 rings (SSSR count). The molecule has 0 spiro atoms. The van der Waals surface area contributed by atoms with Crippen molar-refractivity contribution in [1.29, 1.82) is 0 Å². The Morgan fingerprint density at radius 3 is 2.27 bits per heavy atom. The first-order valence-corrected chi connectivity index (χ1v) is 4.97. The third-order valence-corrected chi connectivity index (χ3v) is 1.80. The highest BCUT2D eigenvalue weighted by Crippen LogP contribution is 1.93. The second kappa shape index (κ2) is 3.52. The molecule has 5 heteroatoms. The van der Waals surface area contributed by atoms with E-state index in [1.807, 2.05) is 0 Å². The molecule has 0 aliphatic rings. The number of rotatable bonds is 3. The number of aliphatic carboxylic acids is 1. The summed E-state index contributed by atoms with van der Waals surface area (Å²) in [7, 11) is -3.09. The molecule has 0 saturated heterocycles. The molecule has 0 aromatic heterocycles. The molecule has 1 N–H and O–H groups in total. The molecule has 0 aliphatic carbocycles. The van der Waals surface area contributed by atoms with E-state index >= 15 is 0 Å². The smallest absolute Gasteiger partial charge is 0.330 e. The number of sulfone groups is 1. The third kappa shape index (κ3) is 5.60. The van der Waals surface area contributed by atoms with Crippen LogP contribution in [0.1, 0.15) is 6.92 Å². The van der Waals surface area contributed by atoms with Gasteiger partial charge in [0.15, 0.2) is 9.84 Å². The Morgan fingerprint density at radius 2 is 2.00 bits per heavy atom. The summed E-state index contributed by atoms with van der Waals surface area (Å²) in [5.74, 6) is -1.31. The van der Waals surface area contributed by atoms with Gasteiger partial charge in [0.25, 0.3) is 0 Å². The first kappa shape index (κ1) is 10.2. The Balaban J connectivity index is 4.27. The van der Waals surface area contributed by atoms with Crippen LogP contribution in [0.5, 0.6) is 0 Å². The Kier molecular flexibility index (Phi) is 3.25. The van der Waals surface area contributed by atoms with E-state index in [1.165, 1.54) is 13.0 Å². The maximum Gasteiger partial charge on any atom is 0.330 e. The van der Waals surface area contributed by atoms with Crippen molar-refractivity contribution in [2.24, 2.45) is 0 Å². The molecule has 0 heterocycles. The fourth-order valence-electron chi connectivity index (χ4n) is 0.364. The van der Waals surface area contributed by atoms with Gasteiger partial charge in [0, 0.05) is 11.8 Å². The summed E-state index contributed by atoms with van der Waals surface area (Å²) in [6, 6.07) is 0. The predicted molar refractivity (Wildman–Crippen MR) is 41.1 cm³/mol. The van der Waals surface area contributed by atoms with Crippen molar-refractivity contribution in [3.63, 3.8) is 0 Å². The zero-order valence-corrected chi connectivity index (χ0v) is 7.18. The predicted octanol–water partition coefficient (Wildman–Crippen LogP) is 0.0619. The van der Waals surface area contributed by atoms with Crippen molar-refractivity contribution in [1.82, 2.24) is 0 Å². The first-order chi connectivity index (χ1) is 4.83. The highest BCUT2D eigenvalue weighted by Gasteiger charge is 2.02. The van der Waals surface area contributed by atoms with Gasteiger partial charge in [-0.15, -0.1) is 0 Å². The van der Waals surface area contributed by atoms with Gasteiger partial charge in [0.05, 0.1) is 5.75 Å². The number of hydrogen-bond acceptors (Lipinski definition) is 3. The normalized spacial score (nSPS) is 13.1. The summed E-state index contributed by atoms with van der Waals surface area (Å²) in [6.45, 7) is 1.35. The van der Waals surface area contributed by atoms with Gasteiger partial charge >= 0.3 is 5.97 Å². The van der Waals surface area contributed by atoms with Crippen molar-refractivity contribution in [3.05, 3.63) is 11.6 Å². The quantitative estimate of drug-likeness (QED) is 0.620. The van der Waals surface area contributed by atoms with Crippen LogP contribution in [0.3, 0.4) is 0 Å². The van der Waals surface area contributed by atoms with Gasteiger partial charge in [-0.25, -0.2) is 13.2 Å². The van der Waals surface area contributed by atoms with Crippen molar-refractivity contribution in [2.75, 3.05) is 12.0 Å². The maximum atomic E-state index is 10.5. The van der Waals surface area contributed by atoms with E-state index in [-0.39, 0.29) is 11.3 Å². The van der Waals surface area contributed by atoms with E-state index in [1.54, 1.807) is 0 Å². The van der Waals surface area contributed by atoms with Crippen LogP contribution in [0.2, 0.25) is 0 Å². The van der Waals surface area contributed by atoms with E-state index < -0.39 is 15.8 Å². The molecule has 0 amide bonds. The van der Waals surface area contributed by atoms with Crippen LogP contribution in [0.4, 0.5) is 0 Å². The van der Waals surface area contributed by atoms with Crippen LogP contribution in [-0.4, -0.2) is 31.5 Å². The SMILES string of the molecule is CC(=CCS(C)(=O)=O)C(=O)O. The fraction of sp³-hybridized carbons (Fsp3) is 0.500. The summed E-state index contributed by atoms with van der Waals surface area (Å²) in [6.07, 6.45) is 2.23. The minimum Gasteiger partial charge on any atom is -0.478 e. The third-order valence-electron chi connectivity index (χ3n) is 1.03. The molecule has 0 bridgehead atoms. The molecule has 0 fully saturated rings. The zero-order chi connectivity index (χ0) is 9.07. The Morgan fingerprint density at radius 1 is 1.55 bits per heavy atom. The van der Waals surface area contributed by atoms with Crippen LogP contribution >= 0.6 is 0 Å². The second-order valence-electron chi connectivity index (χ2n) is 2.28. The van der Waals surface area contributed by atoms with Crippen LogP contribution < -0.4 is 0 Å². The summed E-state index contributed by atoms with van der Waals surface area (Å²) in [5, 5.41) is 8.32. The molecule has 0 aromatic carbocycles. The van der Waals surface area contributed by atoms with E-state index in [0.29, 0.717) is 0 Å². The van der Waals surface area contributed by atoms with Crippen molar-refractivity contribution in [2.45, 2.75) is 6.92 Å². The second-order valence-corrected chi connectivity index (χ2v) is 4.47. The van der Waals surface area contributed by atoms with Gasteiger partial charge in [0.1, 0.15) is 0 Å². The van der Waals surface area contributed by atoms with Crippen molar-refractivity contribution < 1.29 is 18.3 Å². The van der Waals surface area contributed by atoms with Gasteiger partial charge in [-0.3, -0.25) is 0 Å². The topological polar surface area (TPSA) is 71.4 Å². The summed E-state index contributed by atoms with van der Waals surface area (Å²) in [5.41, 5.74) is 0.0513. The molecule has 0 radical (unpaired) electrons. The van der Waals surface area contributed by atoms with E-state index in [0.717, 1.165) is 6.26 Å². The molecule has 0 saturated carbocycles. The Bertz CT molecular complexity index is 273. The average Bonchev–Trinajstić information content (AvgIpc) is 1.80. The molecule has 0 atom stereocenters. The maximum absolute atomic E-state index is 10.5. The molecule has 0 aliphatic heterocycles. The first-order valence-electron chi connectivity index (χ1n) is 2.90. The van der Waals surface area contributed by atoms with Crippen LogP contribution in [-0.2, 0) is 14.6 Å². The lowest BCUT2D eigenvalue weighted by Crippen LogP contribution is -2.03. The van der Waals surface area contributed by atoms with Gasteiger partial charge in [-0.1, -0.05) is 6.08 Å². The minimum atomic E-state index is -3.09. The number of hydrogen-bond donors (Lipinski definition) is 1. The van der Waals surface area contributed by atoms with E-state index in [2.05, 4.69) is 0 Å². The zero-order valence-electron chi connectivity index (χ0n) is 6.36. The lowest BCUT2D eigenvalue weighted by Gasteiger charge is -1.92. The monoisotopic (exact) mass is 178 g/mol. The summed E-state index contributed by atoms with van der Waals surface area (Å²) in [4.78, 5) is 10.2. The minimum absolute atomic E-state index is 0.0513. The molecule has 0 aromatic rings. The highest BCUT2D eigenvalue weighted by atomic mass is 32.2. The van der Waals surface area contributed by atoms with Crippen LogP contribution in [0.25, 0.3) is 0 Å². The fourth-order valence-corrected chi connectivity index (χ4v) is 0.916. The Hall–Kier alpha value is -0.840. The summed E-state index contributed by atoms with van der Waals surface area (Å²) < 4.78 is 21.0. The molecule has 4 nitrogen and oxygen atoms in total. The van der Waals surface area contributed by atoms with Gasteiger partial charge in [-0.2, -0.15) is 0 Å². The largest absolute Gasteiger partial charge is 0.478 e. The summed E-state index contributed by atoms with van der Waals surface area (Å²) >= 11 is 0. The van der Waals surface area contributed by atoms with E-state index in [9.17, 15) is 13.2 Å². The average molecular weight is 178 g/mol. The van der Waals surface area contributed by atoms with Gasteiger partial charge in [0.2, 0.25) is 0 Å².